The Kier molecular flexibility index (Phi) is 5.59. The fourth-order valence-electron chi connectivity index (χ4n) is 4.60. The number of carboxylic acids is 4. The summed E-state index contributed by atoms with van der Waals surface area (Å²) in [5.74, 6) is -5.13. The van der Waals surface area contributed by atoms with E-state index in [1.54, 1.807) is 0 Å². The predicted octanol–water partition coefficient (Wildman–Crippen LogP) is 4.15. The van der Waals surface area contributed by atoms with E-state index < -0.39 is 23.9 Å². The summed E-state index contributed by atoms with van der Waals surface area (Å²) in [5, 5.41) is 41.7. The molecule has 0 unspecified atom stereocenters. The van der Waals surface area contributed by atoms with Crippen LogP contribution in [0.25, 0.3) is 43.1 Å². The van der Waals surface area contributed by atoms with Gasteiger partial charge in [-0.25, -0.2) is 19.2 Å². The van der Waals surface area contributed by atoms with Crippen molar-refractivity contribution in [3.8, 4) is 0 Å². The van der Waals surface area contributed by atoms with Gasteiger partial charge in [0.05, 0.1) is 22.3 Å². The summed E-state index contributed by atoms with van der Waals surface area (Å²) in [6.45, 7) is 0. The Morgan fingerprint density at radius 2 is 0.606 bits per heavy atom. The van der Waals surface area contributed by atoms with Crippen molar-refractivity contribution in [1.29, 1.82) is 0 Å². The SMILES string of the molecule is O=C(O)c1ccc2c3ccc(C(=O)O)c4c(C(=O)O)ccc(c5ccc(C(=O)O)c1c25)c43.[Ba]. The minimum absolute atomic E-state index is 0. The van der Waals surface area contributed by atoms with Crippen molar-refractivity contribution in [3.05, 3.63) is 70.8 Å². The van der Waals surface area contributed by atoms with Crippen LogP contribution in [-0.2, 0) is 0 Å². The monoisotopic (exact) mass is 566 g/mol. The number of aromatic carboxylic acids is 4. The first-order chi connectivity index (χ1) is 15.2. The van der Waals surface area contributed by atoms with Gasteiger partial charge in [-0.1, -0.05) is 24.3 Å². The maximum atomic E-state index is 11.9. The molecule has 0 aromatic heterocycles. The maximum absolute atomic E-state index is 11.9. The molecule has 0 saturated carbocycles. The summed E-state index contributed by atoms with van der Waals surface area (Å²) < 4.78 is 0. The van der Waals surface area contributed by atoms with Gasteiger partial charge < -0.3 is 20.4 Å². The first kappa shape index (κ1) is 23.0. The number of benzene rings is 5. The number of rotatable bonds is 4. The molecule has 4 N–H and O–H groups in total. The molecule has 0 heterocycles. The topological polar surface area (TPSA) is 149 Å². The first-order valence-electron chi connectivity index (χ1n) is 9.35. The molecule has 2 radical (unpaired) electrons. The third-order valence-electron chi connectivity index (χ3n) is 5.82. The molecule has 8 nitrogen and oxygen atoms in total. The van der Waals surface area contributed by atoms with E-state index in [0.717, 1.165) is 0 Å². The molecular weight excluding hydrogens is 554 g/mol. The van der Waals surface area contributed by atoms with Crippen LogP contribution in [0.4, 0.5) is 0 Å². The minimum Gasteiger partial charge on any atom is -0.478 e. The molecule has 0 aliphatic carbocycles. The van der Waals surface area contributed by atoms with Crippen LogP contribution in [-0.4, -0.2) is 93.2 Å². The third kappa shape index (κ3) is 3.18. The Bertz CT molecular complexity index is 1440. The van der Waals surface area contributed by atoms with Crippen molar-refractivity contribution in [1.82, 2.24) is 0 Å². The van der Waals surface area contributed by atoms with E-state index in [9.17, 15) is 39.6 Å². The van der Waals surface area contributed by atoms with Crippen LogP contribution < -0.4 is 0 Å². The van der Waals surface area contributed by atoms with Crippen molar-refractivity contribution >= 4 is 116 Å². The fraction of sp³-hybridized carbons (Fsp3) is 0. The van der Waals surface area contributed by atoms with Crippen LogP contribution in [0.1, 0.15) is 41.4 Å². The Balaban J connectivity index is 0.00000259. The van der Waals surface area contributed by atoms with Gasteiger partial charge in [-0.3, -0.25) is 0 Å². The molecule has 0 bridgehead atoms. The summed E-state index contributed by atoms with van der Waals surface area (Å²) in [7, 11) is 0. The van der Waals surface area contributed by atoms with E-state index in [-0.39, 0.29) is 81.9 Å². The number of hydrogen-bond acceptors (Lipinski definition) is 4. The molecule has 0 spiro atoms. The number of fused-ring (bicyclic) bond motifs is 2. The maximum Gasteiger partial charge on any atom is 0.336 e. The van der Waals surface area contributed by atoms with Crippen LogP contribution in [0.15, 0.2) is 48.5 Å². The Hall–Kier alpha value is -3.15. The van der Waals surface area contributed by atoms with Crippen molar-refractivity contribution in [3.63, 3.8) is 0 Å². The van der Waals surface area contributed by atoms with Crippen LogP contribution in [0.2, 0.25) is 0 Å². The molecule has 0 fully saturated rings. The van der Waals surface area contributed by atoms with Gasteiger partial charge in [0.2, 0.25) is 0 Å². The molecular formula is C24H12BaO8. The summed E-state index contributed by atoms with van der Waals surface area (Å²) >= 11 is 0. The number of hydrogen-bond donors (Lipinski definition) is 4. The standard InChI is InChI=1S/C24H12O8.Ba/c25-21(26)13-5-1-9-10-2-6-15(23(29)30)20-16(24(31)32)8-4-12(18(10)20)11-3-7-14(22(27)28)19(13)17(9)11;/h1-8H,(H,25,26)(H,27,28)(H,29,30)(H,31,32);. The van der Waals surface area contributed by atoms with Crippen molar-refractivity contribution in [2.45, 2.75) is 0 Å². The van der Waals surface area contributed by atoms with E-state index in [1.807, 2.05) is 0 Å². The average molecular weight is 566 g/mol. The molecule has 0 amide bonds. The number of carboxylic acid groups (broad SMARTS) is 4. The first-order valence-corrected chi connectivity index (χ1v) is 9.35. The Morgan fingerprint density at radius 3 is 0.788 bits per heavy atom. The van der Waals surface area contributed by atoms with Gasteiger partial charge in [0.1, 0.15) is 0 Å². The summed E-state index contributed by atoms with van der Waals surface area (Å²) in [4.78, 5) is 47.5. The Labute approximate surface area is 224 Å². The second-order valence-corrected chi connectivity index (χ2v) is 7.36. The van der Waals surface area contributed by atoms with E-state index in [4.69, 9.17) is 0 Å². The second-order valence-electron chi connectivity index (χ2n) is 7.36. The zero-order valence-electron chi connectivity index (χ0n) is 16.7. The summed E-state index contributed by atoms with van der Waals surface area (Å²) in [6.07, 6.45) is 0. The molecule has 0 aliphatic heterocycles. The van der Waals surface area contributed by atoms with Gasteiger partial charge in [0.25, 0.3) is 0 Å². The molecule has 0 saturated heterocycles. The minimum atomic E-state index is -1.28. The molecule has 5 aromatic rings. The molecule has 158 valence electrons. The molecule has 0 atom stereocenters. The zero-order valence-corrected chi connectivity index (χ0v) is 21.2. The number of carbonyl (C=O) groups is 4. The molecule has 5 aromatic carbocycles. The van der Waals surface area contributed by atoms with Gasteiger partial charge in [-0.05, 0) is 56.6 Å². The van der Waals surface area contributed by atoms with Gasteiger partial charge in [-0.15, -0.1) is 0 Å². The summed E-state index contributed by atoms with van der Waals surface area (Å²) in [6, 6.07) is 11.4. The molecule has 0 aliphatic rings. The molecule has 5 rings (SSSR count). The van der Waals surface area contributed by atoms with Crippen molar-refractivity contribution in [2.24, 2.45) is 0 Å². The van der Waals surface area contributed by atoms with E-state index in [0.29, 0.717) is 32.3 Å². The zero-order chi connectivity index (χ0) is 22.9. The second kappa shape index (κ2) is 8.01. The van der Waals surface area contributed by atoms with Gasteiger partial charge in [-0.2, -0.15) is 0 Å². The summed E-state index contributed by atoms with van der Waals surface area (Å²) in [5.41, 5.74) is -0.696. The van der Waals surface area contributed by atoms with Crippen molar-refractivity contribution < 1.29 is 39.6 Å². The van der Waals surface area contributed by atoms with Gasteiger partial charge >= 0.3 is 23.9 Å². The quantitative estimate of drug-likeness (QED) is 0.144. The normalized spacial score (nSPS) is 11.2. The van der Waals surface area contributed by atoms with Crippen LogP contribution in [0, 0.1) is 0 Å². The smallest absolute Gasteiger partial charge is 0.336 e. The molecule has 9 heteroatoms. The van der Waals surface area contributed by atoms with Crippen LogP contribution >= 0.6 is 0 Å². The van der Waals surface area contributed by atoms with Crippen LogP contribution in [0.3, 0.4) is 0 Å². The van der Waals surface area contributed by atoms with E-state index in [1.165, 1.54) is 48.5 Å². The average Bonchev–Trinajstić information content (AvgIpc) is 2.75. The van der Waals surface area contributed by atoms with Gasteiger partial charge in [0.15, 0.2) is 0 Å². The van der Waals surface area contributed by atoms with Gasteiger partial charge in [0, 0.05) is 59.7 Å². The fourth-order valence-corrected chi connectivity index (χ4v) is 4.60. The third-order valence-corrected chi connectivity index (χ3v) is 5.82. The van der Waals surface area contributed by atoms with Crippen molar-refractivity contribution in [2.75, 3.05) is 0 Å². The van der Waals surface area contributed by atoms with E-state index >= 15 is 0 Å². The molecule has 33 heavy (non-hydrogen) atoms. The van der Waals surface area contributed by atoms with E-state index in [2.05, 4.69) is 0 Å². The predicted molar refractivity (Wildman–Crippen MR) is 121 cm³/mol. The Morgan fingerprint density at radius 1 is 0.394 bits per heavy atom. The largest absolute Gasteiger partial charge is 0.478 e. The van der Waals surface area contributed by atoms with Crippen LogP contribution in [0.5, 0.6) is 0 Å².